The number of imidazole rings is 1. The third kappa shape index (κ3) is 6.26. The fourth-order valence-corrected chi connectivity index (χ4v) is 6.35. The molecule has 1 fully saturated rings. The Morgan fingerprint density at radius 2 is 1.96 bits per heavy atom. The van der Waals surface area contributed by atoms with Gasteiger partial charge in [0, 0.05) is 5.39 Å². The molecule has 5 rings (SSSR count). The molecule has 1 aliphatic rings. The van der Waals surface area contributed by atoms with Gasteiger partial charge in [-0.1, -0.05) is 36.4 Å². The van der Waals surface area contributed by atoms with Crippen LogP contribution in [-0.2, 0) is 23.4 Å². The Balaban J connectivity index is 1.48. The summed E-state index contributed by atoms with van der Waals surface area (Å²) in [7, 11) is -4.82. The number of benzene rings is 2. The molecule has 0 amide bonds. The Hall–Kier alpha value is -4.02. The number of rotatable bonds is 11. The predicted octanol–water partition coefficient (Wildman–Crippen LogP) is 3.22. The summed E-state index contributed by atoms with van der Waals surface area (Å²) in [4.78, 5) is 34.7. The van der Waals surface area contributed by atoms with Crippen LogP contribution >= 0.6 is 7.75 Å². The highest BCUT2D eigenvalue weighted by Gasteiger charge is 2.63. The van der Waals surface area contributed by atoms with Crippen molar-refractivity contribution in [3.8, 4) is 5.75 Å². The third-order valence-corrected chi connectivity index (χ3v) is 8.59. The number of aromatic nitrogens is 4. The molecule has 0 spiro atoms. The number of ether oxygens (including phenoxy) is 2. The van der Waals surface area contributed by atoms with Crippen LogP contribution in [0.2, 0.25) is 0 Å². The number of fused-ring (bicyclic) bond motifs is 2. The van der Waals surface area contributed by atoms with E-state index < -0.39 is 68.6 Å². The van der Waals surface area contributed by atoms with Gasteiger partial charge in [0.05, 0.1) is 19.0 Å². The van der Waals surface area contributed by atoms with E-state index in [1.54, 1.807) is 50.2 Å². The van der Waals surface area contributed by atoms with Gasteiger partial charge in [0.25, 0.3) is 12.0 Å². The van der Waals surface area contributed by atoms with Gasteiger partial charge in [-0.2, -0.15) is 10.1 Å². The molecule has 18 heteroatoms. The van der Waals surface area contributed by atoms with Crippen LogP contribution in [0.4, 0.5) is 19.1 Å². The van der Waals surface area contributed by atoms with E-state index in [2.05, 4.69) is 20.0 Å². The molecule has 2 aromatic heterocycles. The Labute approximate surface area is 253 Å². The monoisotopic (exact) mass is 654 g/mol. The average Bonchev–Trinajstić information content (AvgIpc) is 3.51. The Morgan fingerprint density at radius 1 is 1.24 bits per heavy atom. The number of nitrogen functional groups attached to an aromatic ring is 1. The fraction of sp³-hybridized carbons (Fsp3) is 0.407. The normalized spacial score (nSPS) is 23.9. The highest BCUT2D eigenvalue weighted by atomic mass is 31.2. The number of halogens is 3. The van der Waals surface area contributed by atoms with E-state index in [-0.39, 0.29) is 22.9 Å². The molecule has 1 unspecified atom stereocenters. The summed E-state index contributed by atoms with van der Waals surface area (Å²) in [5, 5.41) is 14.2. The molecule has 6 atom stereocenters. The summed E-state index contributed by atoms with van der Waals surface area (Å²) in [6, 6.07) is 10.2. The van der Waals surface area contributed by atoms with Crippen LogP contribution in [0.25, 0.3) is 21.9 Å². The Morgan fingerprint density at radius 3 is 2.67 bits per heavy atom. The van der Waals surface area contributed by atoms with Crippen molar-refractivity contribution >= 4 is 41.6 Å². The van der Waals surface area contributed by atoms with Crippen LogP contribution in [0.1, 0.15) is 27.0 Å². The molecular weight excluding hydrogens is 624 g/mol. The zero-order valence-electron chi connectivity index (χ0n) is 24.1. The molecule has 2 aromatic carbocycles. The molecule has 0 bridgehead atoms. The summed E-state index contributed by atoms with van der Waals surface area (Å²) in [5.41, 5.74) is 1.05. The van der Waals surface area contributed by atoms with Gasteiger partial charge in [-0.05, 0) is 32.2 Å². The molecule has 45 heavy (non-hydrogen) atoms. The second-order valence-corrected chi connectivity index (χ2v) is 12.3. The summed E-state index contributed by atoms with van der Waals surface area (Å²) in [6.45, 7) is 3.03. The zero-order valence-corrected chi connectivity index (χ0v) is 25.0. The predicted molar refractivity (Wildman–Crippen MR) is 154 cm³/mol. The maximum absolute atomic E-state index is 15.7. The molecule has 4 aromatic rings. The van der Waals surface area contributed by atoms with E-state index in [0.29, 0.717) is 10.8 Å². The van der Waals surface area contributed by atoms with Gasteiger partial charge in [-0.3, -0.25) is 23.7 Å². The van der Waals surface area contributed by atoms with Crippen LogP contribution in [0.3, 0.4) is 0 Å². The van der Waals surface area contributed by atoms with Crippen molar-refractivity contribution < 1.29 is 46.2 Å². The van der Waals surface area contributed by atoms with Gasteiger partial charge in [-0.15, -0.1) is 0 Å². The number of nitrogens with zero attached hydrogens (tertiary/aromatic N) is 3. The molecule has 1 saturated heterocycles. The van der Waals surface area contributed by atoms with Crippen molar-refractivity contribution in [2.75, 3.05) is 12.3 Å². The maximum Gasteiger partial charge on any atom is 0.459 e. The topological polar surface area (TPSA) is 193 Å². The van der Waals surface area contributed by atoms with E-state index in [9.17, 15) is 28.0 Å². The second-order valence-electron chi connectivity index (χ2n) is 10.6. The molecule has 0 saturated carbocycles. The summed E-state index contributed by atoms with van der Waals surface area (Å²) in [6.07, 6.45) is -10.2. The number of carbonyl (C=O) groups is 1. The second kappa shape index (κ2) is 12.4. The van der Waals surface area contributed by atoms with Crippen molar-refractivity contribution in [2.45, 2.75) is 63.4 Å². The first kappa shape index (κ1) is 32.4. The standard InChI is InChI=1S/C27H30F3N6O8P/c1-13(2)42-24(39)14(3)35-45(40,44-17-10-6-8-15-7-4-5-9-16(15)17)41-11-27(25(29)30)20(28)19(37)23(43-27)36-12-32-18-21(36)33-26(31)34-22(18)38/h4-10,12-14,19-20,23,25,37H,11H2,1-3H3,(H,35,40)(H3,31,33,34,38)/t14-,19+,20+,23+,27+,45?/m0/s1. The van der Waals surface area contributed by atoms with Crippen molar-refractivity contribution in [3.63, 3.8) is 0 Å². The average molecular weight is 655 g/mol. The lowest BCUT2D eigenvalue weighted by molar-refractivity contribution is -0.182. The molecule has 0 radical (unpaired) electrons. The zero-order chi connectivity index (χ0) is 32.7. The van der Waals surface area contributed by atoms with Crippen molar-refractivity contribution in [1.82, 2.24) is 24.6 Å². The van der Waals surface area contributed by atoms with Gasteiger partial charge < -0.3 is 24.8 Å². The number of esters is 1. The van der Waals surface area contributed by atoms with Crippen LogP contribution in [0.5, 0.6) is 5.75 Å². The van der Waals surface area contributed by atoms with Crippen LogP contribution in [-0.4, -0.2) is 73.6 Å². The number of carbonyl (C=O) groups excluding carboxylic acids is 1. The number of hydrogen-bond donors (Lipinski definition) is 4. The quantitative estimate of drug-likeness (QED) is 0.137. The summed E-state index contributed by atoms with van der Waals surface area (Å²) >= 11 is 0. The number of H-pyrrole nitrogens is 1. The molecule has 0 aliphatic carbocycles. The first-order chi connectivity index (χ1) is 21.2. The van der Waals surface area contributed by atoms with E-state index in [0.717, 1.165) is 10.9 Å². The first-order valence-electron chi connectivity index (χ1n) is 13.7. The van der Waals surface area contributed by atoms with Gasteiger partial charge >= 0.3 is 13.7 Å². The number of nitrogens with two attached hydrogens (primary N) is 1. The molecule has 242 valence electrons. The van der Waals surface area contributed by atoms with Crippen molar-refractivity contribution in [2.24, 2.45) is 0 Å². The van der Waals surface area contributed by atoms with Crippen molar-refractivity contribution in [3.05, 3.63) is 59.1 Å². The maximum atomic E-state index is 15.7. The number of nitrogens with one attached hydrogen (secondary N) is 2. The first-order valence-corrected chi connectivity index (χ1v) is 15.2. The molecule has 14 nitrogen and oxygen atoms in total. The highest BCUT2D eigenvalue weighted by molar-refractivity contribution is 7.52. The largest absolute Gasteiger partial charge is 0.462 e. The smallest absolute Gasteiger partial charge is 0.459 e. The fourth-order valence-electron chi connectivity index (χ4n) is 4.80. The van der Waals surface area contributed by atoms with Gasteiger partial charge in [-0.25, -0.2) is 22.7 Å². The lowest BCUT2D eigenvalue weighted by atomic mass is 9.98. The van der Waals surface area contributed by atoms with E-state index >= 15 is 4.39 Å². The minimum Gasteiger partial charge on any atom is -0.462 e. The van der Waals surface area contributed by atoms with E-state index in [1.165, 1.54) is 13.0 Å². The van der Waals surface area contributed by atoms with Crippen LogP contribution < -0.4 is 20.9 Å². The van der Waals surface area contributed by atoms with E-state index in [1.807, 2.05) is 0 Å². The minimum absolute atomic E-state index is 0.000257. The number of aromatic amines is 1. The Kier molecular flexibility index (Phi) is 8.92. The summed E-state index contributed by atoms with van der Waals surface area (Å²) < 4.78 is 81.9. The lowest BCUT2D eigenvalue weighted by Crippen LogP contribution is -2.51. The van der Waals surface area contributed by atoms with Crippen LogP contribution in [0.15, 0.2) is 53.6 Å². The minimum atomic E-state index is -4.82. The SMILES string of the molecule is CC(C)OC(=O)[C@H](C)NP(=O)(OC[C@@]1(C(F)F)O[C@@H](n2cnc3c(=O)[nH]c(N)nc32)[C@H](O)[C@H]1F)Oc1cccc2ccccc12. The Bertz CT molecular complexity index is 1820. The summed E-state index contributed by atoms with van der Waals surface area (Å²) in [5.74, 6) is -1.21. The molecule has 1 aliphatic heterocycles. The third-order valence-electron chi connectivity index (χ3n) is 6.98. The number of hydrogen-bond acceptors (Lipinski definition) is 11. The van der Waals surface area contributed by atoms with Gasteiger partial charge in [0.2, 0.25) is 5.95 Å². The lowest BCUT2D eigenvalue weighted by Gasteiger charge is -2.32. The molecular formula is C27H30F3N6O8P. The molecule has 5 N–H and O–H groups in total. The highest BCUT2D eigenvalue weighted by Crippen LogP contribution is 2.51. The number of aliphatic hydroxyl groups excluding tert-OH is 1. The molecule has 3 heterocycles. The van der Waals surface area contributed by atoms with Gasteiger partial charge in [0.1, 0.15) is 17.9 Å². The van der Waals surface area contributed by atoms with Crippen LogP contribution in [0, 0.1) is 0 Å². The van der Waals surface area contributed by atoms with E-state index in [4.69, 9.17) is 24.3 Å². The number of aliphatic hydroxyl groups is 1. The number of alkyl halides is 3. The van der Waals surface area contributed by atoms with Gasteiger partial charge in [0.15, 0.2) is 29.2 Å². The number of anilines is 1. The van der Waals surface area contributed by atoms with Crippen molar-refractivity contribution in [1.29, 1.82) is 0 Å².